The number of fused-ring (bicyclic) bond motifs is 2. The molecule has 0 radical (unpaired) electrons. The van der Waals surface area contributed by atoms with Gasteiger partial charge in [0, 0.05) is 17.7 Å². The highest BCUT2D eigenvalue weighted by atomic mass is 15.0. The summed E-state index contributed by atoms with van der Waals surface area (Å²) in [5.74, 6) is 0. The summed E-state index contributed by atoms with van der Waals surface area (Å²) in [4.78, 5) is 19.7. The van der Waals surface area contributed by atoms with Crippen molar-refractivity contribution in [3.63, 3.8) is 0 Å². The smallest absolute Gasteiger partial charge is 0.0973 e. The standard InChI is InChI=1S/C24H21N5/c1-29(2)14-16-8-10-18(11-9-16)24-23(17-6-4-3-5-7-17)27-21-12-19-20(26-15-25-19)13-22(21)28-24/h3-13,15H,14H2,1-2H3,(H,25,26). The molecule has 0 aliphatic heterocycles. The van der Waals surface area contributed by atoms with Crippen LogP contribution in [-0.4, -0.2) is 38.9 Å². The van der Waals surface area contributed by atoms with Crippen molar-refractivity contribution in [2.75, 3.05) is 14.1 Å². The average molecular weight is 379 g/mol. The fourth-order valence-corrected chi connectivity index (χ4v) is 3.62. The summed E-state index contributed by atoms with van der Waals surface area (Å²) in [5, 5.41) is 0. The highest BCUT2D eigenvalue weighted by molar-refractivity contribution is 5.94. The normalized spacial score (nSPS) is 11.6. The maximum absolute atomic E-state index is 5.02. The molecule has 0 atom stereocenters. The van der Waals surface area contributed by atoms with Gasteiger partial charge in [-0.25, -0.2) is 15.0 Å². The van der Waals surface area contributed by atoms with E-state index in [0.717, 1.165) is 51.1 Å². The molecule has 5 rings (SSSR count). The molecule has 2 heterocycles. The van der Waals surface area contributed by atoms with E-state index in [0.29, 0.717) is 0 Å². The van der Waals surface area contributed by atoms with E-state index in [1.807, 2.05) is 30.3 Å². The lowest BCUT2D eigenvalue weighted by atomic mass is 10.0. The maximum Gasteiger partial charge on any atom is 0.0973 e. The van der Waals surface area contributed by atoms with Crippen LogP contribution in [0.5, 0.6) is 0 Å². The molecule has 0 saturated carbocycles. The van der Waals surface area contributed by atoms with Crippen LogP contribution in [-0.2, 0) is 6.54 Å². The molecule has 0 bridgehead atoms. The Balaban J connectivity index is 1.72. The number of hydrogen-bond donors (Lipinski definition) is 1. The van der Waals surface area contributed by atoms with Gasteiger partial charge in [0.05, 0.1) is 39.8 Å². The summed E-state index contributed by atoms with van der Waals surface area (Å²) >= 11 is 0. The Labute approximate surface area is 169 Å². The molecule has 5 aromatic rings. The summed E-state index contributed by atoms with van der Waals surface area (Å²) in [5.41, 5.74) is 8.71. The maximum atomic E-state index is 5.02. The highest BCUT2D eigenvalue weighted by Gasteiger charge is 2.14. The molecular weight excluding hydrogens is 358 g/mol. The van der Waals surface area contributed by atoms with Crippen LogP contribution in [0.3, 0.4) is 0 Å². The molecule has 0 unspecified atom stereocenters. The lowest BCUT2D eigenvalue weighted by Crippen LogP contribution is -2.10. The largest absolute Gasteiger partial charge is 0.345 e. The summed E-state index contributed by atoms with van der Waals surface area (Å²) in [6.45, 7) is 0.910. The minimum absolute atomic E-state index is 0.844. The molecule has 0 fully saturated rings. The fraction of sp³-hybridized carbons (Fsp3) is 0.125. The Morgan fingerprint density at radius 3 is 2.10 bits per heavy atom. The number of hydrogen-bond acceptors (Lipinski definition) is 4. The van der Waals surface area contributed by atoms with E-state index in [2.05, 4.69) is 65.4 Å². The van der Waals surface area contributed by atoms with E-state index in [1.54, 1.807) is 6.33 Å². The SMILES string of the molecule is CN(C)Cc1ccc(-c2nc3cc4[nH]cnc4cc3nc2-c2ccccc2)cc1. The zero-order chi connectivity index (χ0) is 19.8. The van der Waals surface area contributed by atoms with Crippen LogP contribution in [0.2, 0.25) is 0 Å². The monoisotopic (exact) mass is 379 g/mol. The van der Waals surface area contributed by atoms with Crippen molar-refractivity contribution in [2.24, 2.45) is 0 Å². The average Bonchev–Trinajstić information content (AvgIpc) is 3.19. The van der Waals surface area contributed by atoms with Gasteiger partial charge in [0.15, 0.2) is 0 Å². The molecule has 0 spiro atoms. The topological polar surface area (TPSA) is 57.7 Å². The van der Waals surface area contributed by atoms with Gasteiger partial charge in [-0.3, -0.25) is 0 Å². The van der Waals surface area contributed by atoms with E-state index in [1.165, 1.54) is 5.56 Å². The van der Waals surface area contributed by atoms with Gasteiger partial charge in [-0.05, 0) is 31.8 Å². The quantitative estimate of drug-likeness (QED) is 0.482. The number of benzene rings is 3. The number of nitrogens with one attached hydrogen (secondary N) is 1. The highest BCUT2D eigenvalue weighted by Crippen LogP contribution is 2.32. The Bertz CT molecular complexity index is 1290. The van der Waals surface area contributed by atoms with Gasteiger partial charge in [-0.15, -0.1) is 0 Å². The third-order valence-electron chi connectivity index (χ3n) is 4.98. The molecule has 0 saturated heterocycles. The molecule has 5 heteroatoms. The number of aromatic amines is 1. The molecule has 0 aliphatic carbocycles. The van der Waals surface area contributed by atoms with Gasteiger partial charge in [0.2, 0.25) is 0 Å². The van der Waals surface area contributed by atoms with Crippen LogP contribution < -0.4 is 0 Å². The van der Waals surface area contributed by atoms with Gasteiger partial charge in [-0.2, -0.15) is 0 Å². The Hall–Kier alpha value is -3.57. The number of aromatic nitrogens is 4. The number of nitrogens with zero attached hydrogens (tertiary/aromatic N) is 4. The lowest BCUT2D eigenvalue weighted by Gasteiger charge is -2.13. The summed E-state index contributed by atoms with van der Waals surface area (Å²) in [6, 6.07) is 22.8. The van der Waals surface area contributed by atoms with Crippen molar-refractivity contribution in [3.05, 3.63) is 78.6 Å². The van der Waals surface area contributed by atoms with Gasteiger partial charge >= 0.3 is 0 Å². The third-order valence-corrected chi connectivity index (χ3v) is 4.98. The zero-order valence-electron chi connectivity index (χ0n) is 16.4. The van der Waals surface area contributed by atoms with Crippen molar-refractivity contribution in [3.8, 4) is 22.5 Å². The zero-order valence-corrected chi connectivity index (χ0v) is 16.4. The van der Waals surface area contributed by atoms with Crippen LogP contribution in [0.1, 0.15) is 5.56 Å². The Morgan fingerprint density at radius 1 is 0.759 bits per heavy atom. The van der Waals surface area contributed by atoms with Gasteiger partial charge in [0.1, 0.15) is 0 Å². The molecule has 5 nitrogen and oxygen atoms in total. The summed E-state index contributed by atoms with van der Waals surface area (Å²) in [6.07, 6.45) is 1.70. The van der Waals surface area contributed by atoms with Gasteiger partial charge in [-0.1, -0.05) is 54.6 Å². The van der Waals surface area contributed by atoms with Crippen LogP contribution in [0, 0.1) is 0 Å². The predicted molar refractivity (Wildman–Crippen MR) is 117 cm³/mol. The third kappa shape index (κ3) is 3.37. The second kappa shape index (κ2) is 7.11. The number of H-pyrrole nitrogens is 1. The summed E-state index contributed by atoms with van der Waals surface area (Å²) in [7, 11) is 4.15. The molecule has 142 valence electrons. The van der Waals surface area contributed by atoms with E-state index < -0.39 is 0 Å². The predicted octanol–water partition coefficient (Wildman–Crippen LogP) is 4.90. The van der Waals surface area contributed by atoms with Crippen LogP contribution >= 0.6 is 0 Å². The molecule has 0 aliphatic rings. The van der Waals surface area contributed by atoms with Gasteiger partial charge in [0.25, 0.3) is 0 Å². The van der Waals surface area contributed by atoms with Crippen LogP contribution in [0.4, 0.5) is 0 Å². The first-order chi connectivity index (χ1) is 14.2. The van der Waals surface area contributed by atoms with E-state index >= 15 is 0 Å². The Kier molecular flexibility index (Phi) is 4.30. The minimum Gasteiger partial charge on any atom is -0.345 e. The van der Waals surface area contributed by atoms with E-state index in [4.69, 9.17) is 9.97 Å². The van der Waals surface area contributed by atoms with E-state index in [-0.39, 0.29) is 0 Å². The van der Waals surface area contributed by atoms with Crippen LogP contribution in [0.15, 0.2) is 73.1 Å². The molecule has 0 amide bonds. The molecule has 2 aromatic heterocycles. The van der Waals surface area contributed by atoms with Crippen molar-refractivity contribution in [2.45, 2.75) is 6.54 Å². The first kappa shape index (κ1) is 17.5. The first-order valence-electron chi connectivity index (χ1n) is 9.62. The van der Waals surface area contributed by atoms with E-state index in [9.17, 15) is 0 Å². The molecule has 29 heavy (non-hydrogen) atoms. The van der Waals surface area contributed by atoms with Crippen molar-refractivity contribution >= 4 is 22.1 Å². The number of rotatable bonds is 4. The lowest BCUT2D eigenvalue weighted by molar-refractivity contribution is 0.402. The molecule has 1 N–H and O–H groups in total. The minimum atomic E-state index is 0.844. The second-order valence-corrected chi connectivity index (χ2v) is 7.48. The van der Waals surface area contributed by atoms with Crippen LogP contribution in [0.25, 0.3) is 44.6 Å². The van der Waals surface area contributed by atoms with Crippen molar-refractivity contribution in [1.29, 1.82) is 0 Å². The van der Waals surface area contributed by atoms with Gasteiger partial charge < -0.3 is 9.88 Å². The van der Waals surface area contributed by atoms with Crippen molar-refractivity contribution < 1.29 is 0 Å². The van der Waals surface area contributed by atoms with Crippen molar-refractivity contribution in [1.82, 2.24) is 24.8 Å². The fourth-order valence-electron chi connectivity index (χ4n) is 3.62. The second-order valence-electron chi connectivity index (χ2n) is 7.48. The summed E-state index contributed by atoms with van der Waals surface area (Å²) < 4.78 is 0. The molecule has 3 aromatic carbocycles. The Morgan fingerprint density at radius 2 is 1.41 bits per heavy atom. The first-order valence-corrected chi connectivity index (χ1v) is 9.62. The molecular formula is C24H21N5. The number of imidazole rings is 1.